The summed E-state index contributed by atoms with van der Waals surface area (Å²) < 4.78 is 14.7. The zero-order valence-corrected chi connectivity index (χ0v) is 19.4. The van der Waals surface area contributed by atoms with Crippen LogP contribution in [0.3, 0.4) is 0 Å². The van der Waals surface area contributed by atoms with E-state index in [0.717, 1.165) is 44.2 Å². The first kappa shape index (κ1) is 22.5. The van der Waals surface area contributed by atoms with E-state index in [2.05, 4.69) is 57.3 Å². The van der Waals surface area contributed by atoms with Crippen LogP contribution in [0, 0.1) is 23.1 Å². The summed E-state index contributed by atoms with van der Waals surface area (Å²) in [5, 5.41) is 6.37. The number of nitrogens with one attached hydrogen (secondary N) is 2. The Hall–Kier alpha value is -3.26. The number of allylic oxidation sites excluding steroid dienone is 1. The number of carbonyl (C=O) groups is 1. The molecule has 5 rings (SSSR count). The number of anilines is 3. The van der Waals surface area contributed by atoms with Gasteiger partial charge in [0.25, 0.3) is 0 Å². The Morgan fingerprint density at radius 3 is 2.85 bits per heavy atom. The lowest BCUT2D eigenvalue weighted by molar-refractivity contribution is -0.126. The standard InChI is InChI=1S/C26H31FN6O/c1-3-26(24(28)34)19-8-7-18(13-19)22(26)31-23-21(27)15-29-25(32-23)30-20-6-4-5-17(14-20)16-9-11-33(2)12-10-16/h3-8,14-16,18-19,22H,1,9-13H2,2H3,(H2,28,34)(H2,29,30,31,32). The number of nitrogens with zero attached hydrogens (tertiary/aromatic N) is 3. The number of rotatable bonds is 7. The van der Waals surface area contributed by atoms with Gasteiger partial charge in [-0.3, -0.25) is 4.79 Å². The second kappa shape index (κ2) is 8.83. The Morgan fingerprint density at radius 2 is 2.12 bits per heavy atom. The molecule has 2 aromatic rings. The van der Waals surface area contributed by atoms with E-state index in [1.807, 2.05) is 18.2 Å². The fraction of sp³-hybridized carbons (Fsp3) is 0.423. The van der Waals surface area contributed by atoms with Gasteiger partial charge in [0.2, 0.25) is 11.9 Å². The number of hydrogen-bond acceptors (Lipinski definition) is 6. The van der Waals surface area contributed by atoms with Crippen molar-refractivity contribution in [3.63, 3.8) is 0 Å². The third kappa shape index (κ3) is 3.86. The maximum Gasteiger partial charge on any atom is 0.230 e. The first-order chi connectivity index (χ1) is 16.4. The molecule has 1 aromatic carbocycles. The van der Waals surface area contributed by atoms with Gasteiger partial charge in [0.15, 0.2) is 11.6 Å². The van der Waals surface area contributed by atoms with Crippen LogP contribution >= 0.6 is 0 Å². The second-order valence-electron chi connectivity index (χ2n) is 9.73. The predicted molar refractivity (Wildman–Crippen MR) is 131 cm³/mol. The summed E-state index contributed by atoms with van der Waals surface area (Å²) in [5.74, 6) is -0.192. The quantitative estimate of drug-likeness (QED) is 0.542. The Balaban J connectivity index is 1.36. The lowest BCUT2D eigenvalue weighted by atomic mass is 9.71. The lowest BCUT2D eigenvalue weighted by Crippen LogP contribution is -2.51. The molecular formula is C26H31FN6O. The average molecular weight is 463 g/mol. The highest BCUT2D eigenvalue weighted by Crippen LogP contribution is 2.53. The Kier molecular flexibility index (Phi) is 5.85. The van der Waals surface area contributed by atoms with Gasteiger partial charge in [0.05, 0.1) is 17.7 Å². The molecule has 2 fully saturated rings. The summed E-state index contributed by atoms with van der Waals surface area (Å²) in [6.07, 6.45) is 9.84. The van der Waals surface area contributed by atoms with E-state index in [1.165, 1.54) is 5.56 Å². The van der Waals surface area contributed by atoms with E-state index in [4.69, 9.17) is 5.73 Å². The molecule has 4 atom stereocenters. The van der Waals surface area contributed by atoms with Crippen molar-refractivity contribution in [3.8, 4) is 0 Å². The van der Waals surface area contributed by atoms with Crippen LogP contribution in [0.5, 0.6) is 0 Å². The van der Waals surface area contributed by atoms with Gasteiger partial charge in [0, 0.05) is 5.69 Å². The third-order valence-corrected chi connectivity index (χ3v) is 7.81. The third-order valence-electron chi connectivity index (χ3n) is 7.81. The number of carbonyl (C=O) groups excluding carboxylic acids is 1. The van der Waals surface area contributed by atoms with Crippen LogP contribution in [0.1, 0.15) is 30.7 Å². The molecule has 0 radical (unpaired) electrons. The summed E-state index contributed by atoms with van der Waals surface area (Å²) in [4.78, 5) is 23.3. The molecule has 1 saturated carbocycles. The van der Waals surface area contributed by atoms with Gasteiger partial charge in [0.1, 0.15) is 0 Å². The highest BCUT2D eigenvalue weighted by molar-refractivity contribution is 5.86. The smallest absolute Gasteiger partial charge is 0.230 e. The van der Waals surface area contributed by atoms with Crippen LogP contribution in [-0.4, -0.2) is 47.0 Å². The number of nitrogens with two attached hydrogens (primary N) is 1. The van der Waals surface area contributed by atoms with Crippen LogP contribution < -0.4 is 16.4 Å². The van der Waals surface area contributed by atoms with Crippen molar-refractivity contribution < 1.29 is 9.18 Å². The summed E-state index contributed by atoms with van der Waals surface area (Å²) in [6, 6.07) is 7.83. The van der Waals surface area contributed by atoms with Crippen molar-refractivity contribution in [2.24, 2.45) is 23.0 Å². The van der Waals surface area contributed by atoms with Crippen LogP contribution in [-0.2, 0) is 4.79 Å². The van der Waals surface area contributed by atoms with Crippen molar-refractivity contribution >= 4 is 23.4 Å². The van der Waals surface area contributed by atoms with Crippen LogP contribution in [0.25, 0.3) is 0 Å². The molecular weight excluding hydrogens is 431 g/mol. The van der Waals surface area contributed by atoms with E-state index in [1.54, 1.807) is 6.08 Å². The lowest BCUT2D eigenvalue weighted by Gasteiger charge is -2.37. The van der Waals surface area contributed by atoms with Crippen LogP contribution in [0.15, 0.2) is 55.3 Å². The van der Waals surface area contributed by atoms with Crippen molar-refractivity contribution in [1.29, 1.82) is 0 Å². The second-order valence-corrected chi connectivity index (χ2v) is 9.73. The molecule has 4 unspecified atom stereocenters. The minimum Gasteiger partial charge on any atom is -0.369 e. The fourth-order valence-corrected chi connectivity index (χ4v) is 5.87. The monoisotopic (exact) mass is 462 g/mol. The summed E-state index contributed by atoms with van der Waals surface area (Å²) in [6.45, 7) is 6.06. The molecule has 1 aromatic heterocycles. The molecule has 2 aliphatic carbocycles. The summed E-state index contributed by atoms with van der Waals surface area (Å²) >= 11 is 0. The Morgan fingerprint density at radius 1 is 1.32 bits per heavy atom. The van der Waals surface area contributed by atoms with Crippen molar-refractivity contribution in [1.82, 2.24) is 14.9 Å². The molecule has 34 heavy (non-hydrogen) atoms. The van der Waals surface area contributed by atoms with Gasteiger partial charge in [-0.05, 0) is 74.8 Å². The van der Waals surface area contributed by atoms with Crippen molar-refractivity contribution in [2.75, 3.05) is 30.8 Å². The Bertz CT molecular complexity index is 1130. The first-order valence-electron chi connectivity index (χ1n) is 11.9. The zero-order chi connectivity index (χ0) is 23.9. The maximum atomic E-state index is 14.7. The highest BCUT2D eigenvalue weighted by atomic mass is 19.1. The average Bonchev–Trinajstić information content (AvgIpc) is 3.43. The molecule has 1 saturated heterocycles. The largest absolute Gasteiger partial charge is 0.369 e. The minimum atomic E-state index is -0.979. The molecule has 1 amide bonds. The topological polar surface area (TPSA) is 96.2 Å². The van der Waals surface area contributed by atoms with E-state index < -0.39 is 23.2 Å². The number of primary amides is 1. The summed E-state index contributed by atoms with van der Waals surface area (Å²) in [5.41, 5.74) is 6.96. The molecule has 2 heterocycles. The van der Waals surface area contributed by atoms with Gasteiger partial charge in [-0.15, -0.1) is 6.58 Å². The molecule has 2 bridgehead atoms. The molecule has 7 nitrogen and oxygen atoms in total. The number of fused-ring (bicyclic) bond motifs is 2. The van der Waals surface area contributed by atoms with Crippen LogP contribution in [0.2, 0.25) is 0 Å². The maximum absolute atomic E-state index is 14.7. The molecule has 4 N–H and O–H groups in total. The predicted octanol–water partition coefficient (Wildman–Crippen LogP) is 3.81. The number of hydrogen-bond donors (Lipinski definition) is 3. The number of amides is 1. The molecule has 8 heteroatoms. The molecule has 3 aliphatic rings. The molecule has 178 valence electrons. The van der Waals surface area contributed by atoms with Crippen molar-refractivity contribution in [3.05, 3.63) is 66.6 Å². The van der Waals surface area contributed by atoms with E-state index in [9.17, 15) is 9.18 Å². The summed E-state index contributed by atoms with van der Waals surface area (Å²) in [7, 11) is 2.15. The van der Waals surface area contributed by atoms with Gasteiger partial charge in [-0.2, -0.15) is 4.98 Å². The number of halogens is 1. The van der Waals surface area contributed by atoms with Gasteiger partial charge in [-0.25, -0.2) is 9.37 Å². The Labute approximate surface area is 199 Å². The minimum absolute atomic E-state index is 0.0439. The van der Waals surface area contributed by atoms with Gasteiger partial charge >= 0.3 is 0 Å². The van der Waals surface area contributed by atoms with Crippen molar-refractivity contribution in [2.45, 2.75) is 31.2 Å². The number of aromatic nitrogens is 2. The number of benzene rings is 1. The van der Waals surface area contributed by atoms with E-state index in [-0.39, 0.29) is 23.6 Å². The first-order valence-corrected chi connectivity index (χ1v) is 11.9. The van der Waals surface area contributed by atoms with Crippen LogP contribution in [0.4, 0.5) is 21.8 Å². The van der Waals surface area contributed by atoms with Gasteiger partial charge in [-0.1, -0.05) is 30.4 Å². The zero-order valence-electron chi connectivity index (χ0n) is 19.4. The number of likely N-dealkylation sites (tertiary alicyclic amines) is 1. The van der Waals surface area contributed by atoms with E-state index >= 15 is 0 Å². The molecule has 0 spiro atoms. The SMILES string of the molecule is C=CC1(C(N)=O)C2C=CC(C2)C1Nc1nc(Nc2cccc(C3CCN(C)CC3)c2)ncc1F. The number of piperidine rings is 1. The highest BCUT2D eigenvalue weighted by Gasteiger charge is 2.58. The normalized spacial score (nSPS) is 28.7. The molecule has 1 aliphatic heterocycles. The fourth-order valence-electron chi connectivity index (χ4n) is 5.87. The van der Waals surface area contributed by atoms with Gasteiger partial charge < -0.3 is 21.3 Å². The van der Waals surface area contributed by atoms with E-state index in [0.29, 0.717) is 5.92 Å².